The van der Waals surface area contributed by atoms with Crippen molar-refractivity contribution in [2.24, 2.45) is 12.0 Å². The predicted molar refractivity (Wildman–Crippen MR) is 145 cm³/mol. The van der Waals surface area contributed by atoms with Gasteiger partial charge in [0, 0.05) is 50.7 Å². The predicted octanol–water partition coefficient (Wildman–Crippen LogP) is 3.75. The molecule has 2 aliphatic heterocycles. The molecule has 9 heteroatoms. The second-order valence-electron chi connectivity index (χ2n) is 9.63. The van der Waals surface area contributed by atoms with Crippen LogP contribution in [0.1, 0.15) is 68.1 Å². The van der Waals surface area contributed by atoms with Crippen LogP contribution in [0.4, 0.5) is 5.69 Å². The summed E-state index contributed by atoms with van der Waals surface area (Å²) in [7, 11) is 1.99. The number of carbonyl (C=O) groups is 1. The van der Waals surface area contributed by atoms with Crippen molar-refractivity contribution in [1.29, 1.82) is 0 Å². The molecule has 1 atom stereocenters. The first kappa shape index (κ1) is 24.9. The van der Waals surface area contributed by atoms with Gasteiger partial charge in [-0.3, -0.25) is 4.79 Å². The second kappa shape index (κ2) is 11.0. The lowest BCUT2D eigenvalue weighted by Crippen LogP contribution is -2.45. The first-order chi connectivity index (χ1) is 16.1. The van der Waals surface area contributed by atoms with E-state index in [4.69, 9.17) is 4.99 Å². The zero-order valence-corrected chi connectivity index (χ0v) is 22.6. The summed E-state index contributed by atoms with van der Waals surface area (Å²) in [5.41, 5.74) is 2.59. The number of guanidine groups is 1. The number of aliphatic imine (C=N–C) groups is 1. The maximum absolute atomic E-state index is 12.1. The molecule has 1 amide bonds. The minimum atomic E-state index is 0. The smallest absolute Gasteiger partial charge is 0.222 e. The summed E-state index contributed by atoms with van der Waals surface area (Å²) >= 11 is 0. The van der Waals surface area contributed by atoms with Crippen molar-refractivity contribution in [2.45, 2.75) is 70.4 Å². The third-order valence-electron chi connectivity index (χ3n) is 7.49. The van der Waals surface area contributed by atoms with Crippen molar-refractivity contribution in [2.75, 3.05) is 24.5 Å². The molecule has 0 spiro atoms. The molecule has 0 bridgehead atoms. The van der Waals surface area contributed by atoms with Crippen molar-refractivity contribution in [3.8, 4) is 0 Å². The molecule has 1 N–H and O–H groups in total. The van der Waals surface area contributed by atoms with Gasteiger partial charge in [-0.15, -0.1) is 34.2 Å². The summed E-state index contributed by atoms with van der Waals surface area (Å²) in [6.07, 6.45) is 7.62. The van der Waals surface area contributed by atoms with Gasteiger partial charge in [0.1, 0.15) is 12.4 Å². The molecule has 3 heterocycles. The van der Waals surface area contributed by atoms with E-state index >= 15 is 0 Å². The van der Waals surface area contributed by atoms with Crippen LogP contribution in [0.5, 0.6) is 0 Å². The van der Waals surface area contributed by atoms with E-state index in [0.29, 0.717) is 30.8 Å². The van der Waals surface area contributed by atoms with Gasteiger partial charge in [-0.05, 0) is 44.2 Å². The zero-order chi connectivity index (χ0) is 22.8. The largest absolute Gasteiger partial charge is 0.353 e. The molecule has 1 aliphatic carbocycles. The molecule has 2 aromatic rings. The number of halogens is 1. The van der Waals surface area contributed by atoms with Gasteiger partial charge < -0.3 is 19.7 Å². The van der Waals surface area contributed by atoms with Crippen LogP contribution in [-0.2, 0) is 18.4 Å². The van der Waals surface area contributed by atoms with Gasteiger partial charge in [-0.25, -0.2) is 4.99 Å². The minimum Gasteiger partial charge on any atom is -0.353 e. The van der Waals surface area contributed by atoms with Crippen molar-refractivity contribution in [3.63, 3.8) is 0 Å². The highest BCUT2D eigenvalue weighted by Crippen LogP contribution is 2.38. The Kier molecular flexibility index (Phi) is 8.10. The van der Waals surface area contributed by atoms with E-state index < -0.39 is 0 Å². The number of aryl methyl sites for hydroxylation is 1. The Morgan fingerprint density at radius 3 is 2.68 bits per heavy atom. The maximum atomic E-state index is 12.1. The SMILES string of the molecule is Cc1nnc(CN=C(NC2CCCC2)N2CC(CCN3CCCC3=O)c3ccccc32)n1C.I. The topological polar surface area (TPSA) is 78.7 Å². The minimum absolute atomic E-state index is 0. The molecule has 5 rings (SSSR count). The number of benzene rings is 1. The summed E-state index contributed by atoms with van der Waals surface area (Å²) in [4.78, 5) is 21.5. The zero-order valence-electron chi connectivity index (χ0n) is 20.2. The van der Waals surface area contributed by atoms with Crippen molar-refractivity contribution in [1.82, 2.24) is 25.0 Å². The number of fused-ring (bicyclic) bond motifs is 1. The van der Waals surface area contributed by atoms with Crippen LogP contribution in [0.15, 0.2) is 29.3 Å². The highest BCUT2D eigenvalue weighted by molar-refractivity contribution is 14.0. The fraction of sp³-hybridized carbons (Fsp3) is 0.600. The highest BCUT2D eigenvalue weighted by Gasteiger charge is 2.33. The number of anilines is 1. The van der Waals surface area contributed by atoms with E-state index in [2.05, 4.69) is 44.7 Å². The average molecular weight is 578 g/mol. The third-order valence-corrected chi connectivity index (χ3v) is 7.49. The van der Waals surface area contributed by atoms with Gasteiger partial charge in [-0.1, -0.05) is 31.0 Å². The number of nitrogens with one attached hydrogen (secondary N) is 1. The Morgan fingerprint density at radius 2 is 1.97 bits per heavy atom. The van der Waals surface area contributed by atoms with Crippen LogP contribution >= 0.6 is 24.0 Å². The van der Waals surface area contributed by atoms with Gasteiger partial charge in [-0.2, -0.15) is 0 Å². The maximum Gasteiger partial charge on any atom is 0.222 e. The number of hydrogen-bond donors (Lipinski definition) is 1. The summed E-state index contributed by atoms with van der Waals surface area (Å²) in [6, 6.07) is 9.15. The van der Waals surface area contributed by atoms with Gasteiger partial charge in [0.25, 0.3) is 0 Å². The van der Waals surface area contributed by atoms with Crippen LogP contribution in [-0.4, -0.2) is 57.2 Å². The molecule has 1 aromatic carbocycles. The lowest BCUT2D eigenvalue weighted by molar-refractivity contribution is -0.127. The normalized spacial score (nSPS) is 20.7. The van der Waals surface area contributed by atoms with Crippen LogP contribution in [0.3, 0.4) is 0 Å². The second-order valence-corrected chi connectivity index (χ2v) is 9.63. The van der Waals surface area contributed by atoms with Crippen LogP contribution in [0, 0.1) is 6.92 Å². The fourth-order valence-electron chi connectivity index (χ4n) is 5.39. The molecule has 0 radical (unpaired) electrons. The number of aromatic nitrogens is 3. The first-order valence-corrected chi connectivity index (χ1v) is 12.4. The molecular formula is C25H36IN7O. The van der Waals surface area contributed by atoms with E-state index in [1.54, 1.807) is 0 Å². The summed E-state index contributed by atoms with van der Waals surface area (Å²) < 4.78 is 2.00. The number of nitrogens with zero attached hydrogens (tertiary/aromatic N) is 6. The van der Waals surface area contributed by atoms with E-state index in [1.165, 1.54) is 36.9 Å². The molecule has 34 heavy (non-hydrogen) atoms. The summed E-state index contributed by atoms with van der Waals surface area (Å²) in [5, 5.41) is 12.3. The molecule has 2 fully saturated rings. The monoisotopic (exact) mass is 577 g/mol. The number of hydrogen-bond acceptors (Lipinski definition) is 4. The van der Waals surface area contributed by atoms with Crippen LogP contribution in [0.25, 0.3) is 0 Å². The van der Waals surface area contributed by atoms with Gasteiger partial charge >= 0.3 is 0 Å². The van der Waals surface area contributed by atoms with Crippen LogP contribution < -0.4 is 10.2 Å². The highest BCUT2D eigenvalue weighted by atomic mass is 127. The van der Waals surface area contributed by atoms with E-state index in [9.17, 15) is 4.79 Å². The molecule has 1 aromatic heterocycles. The summed E-state index contributed by atoms with van der Waals surface area (Å²) in [5.74, 6) is 3.41. The number of carbonyl (C=O) groups excluding carboxylic acids is 1. The Labute approximate surface area is 219 Å². The van der Waals surface area contributed by atoms with Gasteiger partial charge in [0.05, 0.1) is 0 Å². The lowest BCUT2D eigenvalue weighted by atomic mass is 9.98. The molecule has 1 saturated carbocycles. The first-order valence-electron chi connectivity index (χ1n) is 12.4. The number of likely N-dealkylation sites (tertiary alicyclic amines) is 1. The van der Waals surface area contributed by atoms with E-state index in [1.807, 2.05) is 23.4 Å². The van der Waals surface area contributed by atoms with Crippen molar-refractivity contribution < 1.29 is 4.79 Å². The van der Waals surface area contributed by atoms with Crippen LogP contribution in [0.2, 0.25) is 0 Å². The van der Waals surface area contributed by atoms with E-state index in [0.717, 1.165) is 50.1 Å². The van der Waals surface area contributed by atoms with Crippen molar-refractivity contribution >= 4 is 41.5 Å². The standard InChI is InChI=1S/C25H35N7O.HI/c1-18-28-29-23(30(18)2)16-26-25(27-20-8-3-4-9-20)32-17-19(21-10-5-6-11-22(21)32)13-15-31-14-7-12-24(31)33;/h5-6,10-11,19-20H,3-4,7-9,12-17H2,1-2H3,(H,26,27);1H. The fourth-order valence-corrected chi connectivity index (χ4v) is 5.39. The lowest BCUT2D eigenvalue weighted by Gasteiger charge is -2.26. The molecule has 8 nitrogen and oxygen atoms in total. The number of rotatable bonds is 6. The van der Waals surface area contributed by atoms with Gasteiger partial charge in [0.15, 0.2) is 11.8 Å². The molecule has 184 valence electrons. The van der Waals surface area contributed by atoms with E-state index in [-0.39, 0.29) is 24.0 Å². The Hall–Kier alpha value is -2.17. The van der Waals surface area contributed by atoms with Crippen molar-refractivity contribution in [3.05, 3.63) is 41.5 Å². The molecular weight excluding hydrogens is 541 g/mol. The number of para-hydroxylation sites is 1. The Balaban J connectivity index is 0.00000274. The number of amides is 1. The Morgan fingerprint density at radius 1 is 1.18 bits per heavy atom. The third kappa shape index (κ3) is 5.23. The molecule has 3 aliphatic rings. The summed E-state index contributed by atoms with van der Waals surface area (Å²) in [6.45, 7) is 5.09. The van der Waals surface area contributed by atoms with Gasteiger partial charge in [0.2, 0.25) is 5.91 Å². The molecule has 1 saturated heterocycles. The quantitative estimate of drug-likeness (QED) is 0.322. The molecule has 1 unspecified atom stereocenters. The Bertz CT molecular complexity index is 1030. The average Bonchev–Trinajstić information content (AvgIpc) is 3.61.